The summed E-state index contributed by atoms with van der Waals surface area (Å²) in [5, 5.41) is 0. The summed E-state index contributed by atoms with van der Waals surface area (Å²) in [5.74, 6) is 0. The molecule has 0 aliphatic carbocycles. The largest absolute Gasteiger partial charge is 0.444 e. The molecule has 1 saturated heterocycles. The van der Waals surface area contributed by atoms with Crippen LogP contribution in [0.25, 0.3) is 0 Å². The predicted molar refractivity (Wildman–Crippen MR) is 74.9 cm³/mol. The third-order valence-corrected chi connectivity index (χ3v) is 2.82. The van der Waals surface area contributed by atoms with Gasteiger partial charge in [-0.05, 0) is 27.2 Å². The number of hydrogen-bond acceptors (Lipinski definition) is 5. The van der Waals surface area contributed by atoms with E-state index >= 15 is 0 Å². The molecule has 1 rings (SSSR count). The van der Waals surface area contributed by atoms with Crippen molar-refractivity contribution < 1.29 is 23.7 Å². The molecule has 1 heterocycles. The zero-order valence-corrected chi connectivity index (χ0v) is 13.0. The molecule has 118 valence electrons. The average Bonchev–Trinajstić information content (AvgIpc) is 2.58. The molecular weight excluding hydrogens is 262 g/mol. The van der Waals surface area contributed by atoms with E-state index in [4.69, 9.17) is 18.9 Å². The van der Waals surface area contributed by atoms with Gasteiger partial charge in [0.25, 0.3) is 0 Å². The second-order valence-corrected chi connectivity index (χ2v) is 5.82. The minimum Gasteiger partial charge on any atom is -0.444 e. The quantitative estimate of drug-likeness (QED) is 0.721. The molecule has 6 heteroatoms. The fourth-order valence-corrected chi connectivity index (χ4v) is 1.82. The molecule has 0 N–H and O–H groups in total. The van der Waals surface area contributed by atoms with E-state index in [-0.39, 0.29) is 12.2 Å². The Balaban J connectivity index is 2.30. The molecule has 20 heavy (non-hydrogen) atoms. The lowest BCUT2D eigenvalue weighted by molar-refractivity contribution is -0.0222. The lowest BCUT2D eigenvalue weighted by atomic mass is 10.2. The summed E-state index contributed by atoms with van der Waals surface area (Å²) in [6.07, 6.45) is 0.507. The molecule has 1 atom stereocenters. The summed E-state index contributed by atoms with van der Waals surface area (Å²) in [6, 6.07) is 0. The standard InChI is InChI=1S/C14H27NO5/c1-14(2,3)20-13(16)15-6-5-12(19-8-7-15)11-18-10-9-17-4/h12H,5-11H2,1-4H3. The van der Waals surface area contributed by atoms with Crippen LogP contribution >= 0.6 is 0 Å². The maximum atomic E-state index is 12.0. The van der Waals surface area contributed by atoms with Crippen LogP contribution in [-0.4, -0.2) is 69.3 Å². The van der Waals surface area contributed by atoms with Gasteiger partial charge >= 0.3 is 6.09 Å². The van der Waals surface area contributed by atoms with Crippen molar-refractivity contribution in [1.82, 2.24) is 4.90 Å². The number of carbonyl (C=O) groups excluding carboxylic acids is 1. The van der Waals surface area contributed by atoms with E-state index in [1.165, 1.54) is 0 Å². The summed E-state index contributed by atoms with van der Waals surface area (Å²) in [4.78, 5) is 13.7. The monoisotopic (exact) mass is 289 g/mol. The van der Waals surface area contributed by atoms with Crippen LogP contribution in [0.15, 0.2) is 0 Å². The fourth-order valence-electron chi connectivity index (χ4n) is 1.82. The minimum atomic E-state index is -0.465. The van der Waals surface area contributed by atoms with Gasteiger partial charge in [0.15, 0.2) is 0 Å². The predicted octanol–water partition coefficient (Wildman–Crippen LogP) is 1.68. The number of amides is 1. The van der Waals surface area contributed by atoms with Crippen molar-refractivity contribution in [3.63, 3.8) is 0 Å². The fraction of sp³-hybridized carbons (Fsp3) is 0.929. The Morgan fingerprint density at radius 3 is 2.70 bits per heavy atom. The summed E-state index contributed by atoms with van der Waals surface area (Å²) in [5.41, 5.74) is -0.465. The van der Waals surface area contributed by atoms with Crippen molar-refractivity contribution in [3.05, 3.63) is 0 Å². The molecule has 0 aromatic heterocycles. The maximum absolute atomic E-state index is 12.0. The topological polar surface area (TPSA) is 57.2 Å². The number of rotatable bonds is 5. The molecule has 1 aliphatic rings. The molecule has 1 unspecified atom stereocenters. The molecular formula is C14H27NO5. The molecule has 0 aromatic carbocycles. The first-order valence-electron chi connectivity index (χ1n) is 7.08. The Hall–Kier alpha value is -0.850. The second kappa shape index (κ2) is 8.44. The lowest BCUT2D eigenvalue weighted by Gasteiger charge is -2.26. The third-order valence-electron chi connectivity index (χ3n) is 2.82. The van der Waals surface area contributed by atoms with E-state index in [1.807, 2.05) is 20.8 Å². The smallest absolute Gasteiger partial charge is 0.410 e. The van der Waals surface area contributed by atoms with Crippen LogP contribution in [0.4, 0.5) is 4.79 Å². The van der Waals surface area contributed by atoms with E-state index in [1.54, 1.807) is 12.0 Å². The number of nitrogens with zero attached hydrogens (tertiary/aromatic N) is 1. The molecule has 0 radical (unpaired) electrons. The van der Waals surface area contributed by atoms with Crippen LogP contribution in [-0.2, 0) is 18.9 Å². The highest BCUT2D eigenvalue weighted by atomic mass is 16.6. The zero-order valence-electron chi connectivity index (χ0n) is 13.0. The lowest BCUT2D eigenvalue weighted by Crippen LogP contribution is -2.38. The summed E-state index contributed by atoms with van der Waals surface area (Å²) >= 11 is 0. The van der Waals surface area contributed by atoms with Crippen molar-refractivity contribution in [1.29, 1.82) is 0 Å². The van der Waals surface area contributed by atoms with Crippen LogP contribution in [0.5, 0.6) is 0 Å². The molecule has 1 aliphatic heterocycles. The first-order valence-corrected chi connectivity index (χ1v) is 7.08. The van der Waals surface area contributed by atoms with Gasteiger partial charge in [-0.3, -0.25) is 0 Å². The van der Waals surface area contributed by atoms with Gasteiger partial charge in [0, 0.05) is 20.2 Å². The number of carbonyl (C=O) groups is 1. The van der Waals surface area contributed by atoms with Gasteiger partial charge in [-0.1, -0.05) is 0 Å². The van der Waals surface area contributed by atoms with Gasteiger partial charge in [0.2, 0.25) is 0 Å². The second-order valence-electron chi connectivity index (χ2n) is 5.82. The van der Waals surface area contributed by atoms with Crippen molar-refractivity contribution in [2.24, 2.45) is 0 Å². The Labute approximate surface area is 121 Å². The van der Waals surface area contributed by atoms with E-state index < -0.39 is 5.60 Å². The van der Waals surface area contributed by atoms with E-state index in [0.717, 1.165) is 6.42 Å². The van der Waals surface area contributed by atoms with Crippen LogP contribution in [0.3, 0.4) is 0 Å². The normalized spacial score (nSPS) is 20.6. The number of methoxy groups -OCH3 is 1. The SMILES string of the molecule is COCCOCC1CCN(C(=O)OC(C)(C)C)CCO1. The number of ether oxygens (including phenoxy) is 4. The van der Waals surface area contributed by atoms with Crippen LogP contribution in [0.1, 0.15) is 27.2 Å². The Bertz CT molecular complexity index is 290. The van der Waals surface area contributed by atoms with E-state index in [9.17, 15) is 4.79 Å². The Kier molecular flexibility index (Phi) is 7.26. The summed E-state index contributed by atoms with van der Waals surface area (Å²) in [6.45, 7) is 8.98. The Morgan fingerprint density at radius 2 is 2.05 bits per heavy atom. The van der Waals surface area contributed by atoms with Gasteiger partial charge in [0.1, 0.15) is 5.60 Å². The van der Waals surface area contributed by atoms with Crippen molar-refractivity contribution in [2.75, 3.05) is 46.6 Å². The molecule has 0 aromatic rings. The molecule has 0 spiro atoms. The van der Waals surface area contributed by atoms with Gasteiger partial charge in [-0.2, -0.15) is 0 Å². The maximum Gasteiger partial charge on any atom is 0.410 e. The highest BCUT2D eigenvalue weighted by Crippen LogP contribution is 2.13. The molecule has 6 nitrogen and oxygen atoms in total. The highest BCUT2D eigenvalue weighted by Gasteiger charge is 2.25. The average molecular weight is 289 g/mol. The molecule has 0 bridgehead atoms. The van der Waals surface area contributed by atoms with Gasteiger partial charge in [-0.25, -0.2) is 4.79 Å². The van der Waals surface area contributed by atoms with E-state index in [2.05, 4.69) is 0 Å². The third kappa shape index (κ3) is 7.07. The minimum absolute atomic E-state index is 0.0271. The van der Waals surface area contributed by atoms with Crippen LogP contribution in [0, 0.1) is 0 Å². The Morgan fingerprint density at radius 1 is 1.30 bits per heavy atom. The molecule has 1 fully saturated rings. The highest BCUT2D eigenvalue weighted by molar-refractivity contribution is 5.68. The molecule has 0 saturated carbocycles. The van der Waals surface area contributed by atoms with Crippen molar-refractivity contribution in [2.45, 2.75) is 38.9 Å². The van der Waals surface area contributed by atoms with Gasteiger partial charge in [-0.15, -0.1) is 0 Å². The van der Waals surface area contributed by atoms with Crippen LogP contribution < -0.4 is 0 Å². The van der Waals surface area contributed by atoms with Gasteiger partial charge in [0.05, 0.1) is 32.5 Å². The first kappa shape index (κ1) is 17.2. The van der Waals surface area contributed by atoms with Crippen molar-refractivity contribution >= 4 is 6.09 Å². The first-order chi connectivity index (χ1) is 9.42. The summed E-state index contributed by atoms with van der Waals surface area (Å²) in [7, 11) is 1.64. The van der Waals surface area contributed by atoms with Gasteiger partial charge < -0.3 is 23.8 Å². The van der Waals surface area contributed by atoms with Crippen molar-refractivity contribution in [3.8, 4) is 0 Å². The molecule has 1 amide bonds. The van der Waals surface area contributed by atoms with Crippen LogP contribution in [0.2, 0.25) is 0 Å². The van der Waals surface area contributed by atoms with E-state index in [0.29, 0.717) is 39.5 Å². The summed E-state index contributed by atoms with van der Waals surface area (Å²) < 4.78 is 21.4. The zero-order chi connectivity index (χ0) is 15.0. The number of hydrogen-bond donors (Lipinski definition) is 0.